The number of anilines is 2. The van der Waals surface area contributed by atoms with Crippen LogP contribution in [0.1, 0.15) is 23.7 Å². The lowest BCUT2D eigenvalue weighted by Crippen LogP contribution is -2.45. The minimum absolute atomic E-state index is 0.0622. The number of pyridine rings is 3. The number of urea groups is 1. The molecule has 7 rings (SSSR count). The van der Waals surface area contributed by atoms with Crippen LogP contribution in [0.15, 0.2) is 65.0 Å². The molecule has 2 amide bonds. The van der Waals surface area contributed by atoms with Crippen LogP contribution in [0.4, 0.5) is 16.4 Å². The molecule has 2 fully saturated rings. The number of amides is 2. The molecule has 2 saturated heterocycles. The Bertz CT molecular complexity index is 2160. The molecule has 5 N–H and O–H groups in total. The van der Waals surface area contributed by atoms with E-state index >= 15 is 0 Å². The highest BCUT2D eigenvalue weighted by Gasteiger charge is 2.28. The third-order valence-corrected chi connectivity index (χ3v) is 10.5. The largest absolute Gasteiger partial charge is 0.477 e. The second-order valence-electron chi connectivity index (χ2n) is 13.2. The van der Waals surface area contributed by atoms with Crippen molar-refractivity contribution in [1.29, 1.82) is 0 Å². The number of likely N-dealkylation sites (N-methyl/N-ethyl adjacent to an activating group) is 1. The van der Waals surface area contributed by atoms with Crippen LogP contribution in [0.2, 0.25) is 0 Å². The lowest BCUT2D eigenvalue weighted by atomic mass is 10.00. The maximum absolute atomic E-state index is 13.9. The second kappa shape index (κ2) is 15.2. The Hall–Kier alpha value is -5.22. The lowest BCUT2D eigenvalue weighted by molar-refractivity contribution is 0.0694. The lowest BCUT2D eigenvalue weighted by Gasteiger charge is -2.32. The van der Waals surface area contributed by atoms with Gasteiger partial charge in [0.15, 0.2) is 0 Å². The summed E-state index contributed by atoms with van der Waals surface area (Å²) >= 11 is 1.45. The summed E-state index contributed by atoms with van der Waals surface area (Å²) in [6.07, 6.45) is 3.83. The van der Waals surface area contributed by atoms with E-state index in [0.29, 0.717) is 71.7 Å². The van der Waals surface area contributed by atoms with Gasteiger partial charge in [0.1, 0.15) is 27.9 Å². The van der Waals surface area contributed by atoms with Crippen molar-refractivity contribution in [2.75, 3.05) is 69.6 Å². The molecule has 0 unspecified atom stereocenters. The zero-order valence-electron chi connectivity index (χ0n) is 29.2. The summed E-state index contributed by atoms with van der Waals surface area (Å²) in [5, 5.41) is 18.5. The fraction of sp³-hybridized carbons (Fsp3) is 0.351. The minimum Gasteiger partial charge on any atom is -0.477 e. The van der Waals surface area contributed by atoms with Gasteiger partial charge in [0.05, 0.1) is 11.1 Å². The van der Waals surface area contributed by atoms with Crippen LogP contribution in [-0.4, -0.2) is 112 Å². The predicted molar refractivity (Wildman–Crippen MR) is 204 cm³/mol. The zero-order valence-corrected chi connectivity index (χ0v) is 30.0. The van der Waals surface area contributed by atoms with E-state index in [4.69, 9.17) is 15.7 Å². The molecule has 2 aliphatic heterocycles. The first-order valence-corrected chi connectivity index (χ1v) is 18.4. The molecule has 0 bridgehead atoms. The van der Waals surface area contributed by atoms with E-state index in [1.807, 2.05) is 42.6 Å². The van der Waals surface area contributed by atoms with Crippen LogP contribution in [0.25, 0.3) is 44.0 Å². The number of hydrogen-bond acceptors (Lipinski definition) is 11. The molecule has 270 valence electrons. The second-order valence-corrected chi connectivity index (χ2v) is 14.1. The molecule has 4 aromatic heterocycles. The number of carboxylic acids is 1. The summed E-state index contributed by atoms with van der Waals surface area (Å²) in [6, 6.07) is 12.9. The first kappa shape index (κ1) is 35.2. The Morgan fingerprint density at radius 1 is 1.02 bits per heavy atom. The fourth-order valence-corrected chi connectivity index (χ4v) is 7.60. The quantitative estimate of drug-likeness (QED) is 0.165. The molecule has 0 aliphatic carbocycles. The van der Waals surface area contributed by atoms with Gasteiger partial charge in [0.25, 0.3) is 0 Å². The van der Waals surface area contributed by atoms with Gasteiger partial charge in [0.2, 0.25) is 5.43 Å². The number of nitrogens with zero attached hydrogens (tertiary/aromatic N) is 7. The van der Waals surface area contributed by atoms with Crippen molar-refractivity contribution < 1.29 is 14.7 Å². The molecule has 1 atom stereocenters. The monoisotopic (exact) mass is 722 g/mol. The summed E-state index contributed by atoms with van der Waals surface area (Å²) in [5.74, 6) is -0.363. The molecular formula is C37H42N10O4S. The van der Waals surface area contributed by atoms with Crippen molar-refractivity contribution in [2.24, 2.45) is 5.73 Å². The number of nitrogens with two attached hydrogens (primary N) is 1. The van der Waals surface area contributed by atoms with E-state index in [9.17, 15) is 19.5 Å². The number of fused-ring (bicyclic) bond motifs is 1. The number of carbonyl (C=O) groups is 2. The Labute approximate surface area is 304 Å². The summed E-state index contributed by atoms with van der Waals surface area (Å²) in [5.41, 5.74) is 9.54. The maximum Gasteiger partial charge on any atom is 0.341 e. The summed E-state index contributed by atoms with van der Waals surface area (Å²) in [7, 11) is 2.10. The fourth-order valence-electron chi connectivity index (χ4n) is 6.74. The molecular weight excluding hydrogens is 681 g/mol. The minimum atomic E-state index is -1.30. The van der Waals surface area contributed by atoms with Crippen LogP contribution in [0, 0.1) is 0 Å². The first-order valence-electron chi connectivity index (χ1n) is 17.5. The number of nitrogens with one attached hydrogen (secondary N) is 2. The Morgan fingerprint density at radius 2 is 1.81 bits per heavy atom. The Kier molecular flexibility index (Phi) is 10.3. The van der Waals surface area contributed by atoms with Crippen LogP contribution in [0.5, 0.6) is 0 Å². The molecule has 0 spiro atoms. The van der Waals surface area contributed by atoms with Gasteiger partial charge in [-0.1, -0.05) is 30.3 Å². The molecule has 15 heteroatoms. The van der Waals surface area contributed by atoms with Gasteiger partial charge in [-0.15, -0.1) is 11.3 Å². The van der Waals surface area contributed by atoms with Gasteiger partial charge in [-0.25, -0.2) is 24.5 Å². The number of aromatic carboxylic acids is 1. The molecule has 0 saturated carbocycles. The normalized spacial score (nSPS) is 16.8. The van der Waals surface area contributed by atoms with E-state index in [0.717, 1.165) is 43.9 Å². The molecule has 0 radical (unpaired) electrons. The van der Waals surface area contributed by atoms with Crippen LogP contribution in [0.3, 0.4) is 0 Å². The van der Waals surface area contributed by atoms with Crippen LogP contribution in [-0.2, 0) is 6.54 Å². The van der Waals surface area contributed by atoms with E-state index in [1.54, 1.807) is 22.9 Å². The smallest absolute Gasteiger partial charge is 0.341 e. The highest BCUT2D eigenvalue weighted by Crippen LogP contribution is 2.41. The summed E-state index contributed by atoms with van der Waals surface area (Å²) in [6.45, 7) is 8.32. The predicted octanol–water partition coefficient (Wildman–Crippen LogP) is 3.87. The van der Waals surface area contributed by atoms with E-state index in [-0.39, 0.29) is 17.0 Å². The number of rotatable bonds is 10. The number of piperazine rings is 1. The van der Waals surface area contributed by atoms with Gasteiger partial charge >= 0.3 is 12.0 Å². The van der Waals surface area contributed by atoms with Crippen LogP contribution >= 0.6 is 11.3 Å². The number of aromatic nitrogens is 4. The molecule has 14 nitrogen and oxygen atoms in total. The van der Waals surface area contributed by atoms with E-state index < -0.39 is 17.4 Å². The van der Waals surface area contributed by atoms with Gasteiger partial charge < -0.3 is 30.5 Å². The SMILES string of the molecule is CCNC(=O)Nc1cc(-c2nc(-c3ccccc3)cs2)c(-c2cc3c(=O)c(C(=O)O)cn(CCN4CCN(C)CC4)c3nc2N2CC[C@@H](N)C2)cn1. The number of carboxylic acid groups (broad SMARTS) is 1. The standard InChI is InChI=1S/C37H42N10O4S/c1-3-39-37(51)42-31-18-26(35-41-30(22-52-35)23-7-5-4-6-8-23)28(19-40-31)25-17-27-32(48)29(36(49)50)21-47(16-15-45-13-11-44(2)12-14-45)34(27)43-33(25)46-10-9-24(38)20-46/h4-8,17-19,21-22,24H,3,9-16,20,38H2,1-2H3,(H,49,50)(H2,39,40,42,51)/t24-/m1/s1. The van der Waals surface area contributed by atoms with Gasteiger partial charge in [-0.3, -0.25) is 15.0 Å². The van der Waals surface area contributed by atoms with Crippen molar-refractivity contribution in [3.63, 3.8) is 0 Å². The zero-order chi connectivity index (χ0) is 36.4. The third-order valence-electron chi connectivity index (χ3n) is 9.61. The highest BCUT2D eigenvalue weighted by atomic mass is 32.1. The van der Waals surface area contributed by atoms with Gasteiger partial charge in [-0.2, -0.15) is 0 Å². The highest BCUT2D eigenvalue weighted by molar-refractivity contribution is 7.13. The first-order chi connectivity index (χ1) is 25.2. The van der Waals surface area contributed by atoms with Crippen molar-refractivity contribution in [1.82, 2.24) is 34.6 Å². The van der Waals surface area contributed by atoms with Crippen molar-refractivity contribution >= 4 is 46.0 Å². The van der Waals surface area contributed by atoms with Crippen molar-refractivity contribution in [3.8, 4) is 33.0 Å². The average molecular weight is 723 g/mol. The molecule has 6 heterocycles. The Balaban J connectivity index is 1.41. The number of hydrogen-bond donors (Lipinski definition) is 4. The summed E-state index contributed by atoms with van der Waals surface area (Å²) in [4.78, 5) is 60.4. The summed E-state index contributed by atoms with van der Waals surface area (Å²) < 4.78 is 1.80. The van der Waals surface area contributed by atoms with Crippen LogP contribution < -0.4 is 26.7 Å². The topological polar surface area (TPSA) is 175 Å². The number of carbonyl (C=O) groups excluding carboxylic acids is 1. The van der Waals surface area contributed by atoms with E-state index in [1.165, 1.54) is 17.5 Å². The number of thiazole rings is 1. The molecule has 2 aliphatic rings. The molecule has 52 heavy (non-hydrogen) atoms. The van der Waals surface area contributed by atoms with Gasteiger partial charge in [-0.05, 0) is 32.5 Å². The van der Waals surface area contributed by atoms with E-state index in [2.05, 4.69) is 37.4 Å². The van der Waals surface area contributed by atoms with Gasteiger partial charge in [0, 0.05) is 105 Å². The van der Waals surface area contributed by atoms with Crippen molar-refractivity contribution in [2.45, 2.75) is 25.9 Å². The maximum atomic E-state index is 13.9. The average Bonchev–Trinajstić information content (AvgIpc) is 3.82. The molecule has 5 aromatic rings. The van der Waals surface area contributed by atoms with Crippen molar-refractivity contribution in [3.05, 3.63) is 76.0 Å². The third kappa shape index (κ3) is 7.39. The number of benzene rings is 1. The Morgan fingerprint density at radius 3 is 2.52 bits per heavy atom. The molecule has 1 aromatic carbocycles.